The lowest BCUT2D eigenvalue weighted by Crippen LogP contribution is -2.34. The quantitative estimate of drug-likeness (QED) is 0.278. The number of benzene rings is 2. The smallest absolute Gasteiger partial charge is 0.313 e. The number of para-hydroxylation sites is 1. The minimum Gasteiger partial charge on any atom is -0.484 e. The zero-order chi connectivity index (χ0) is 23.6. The number of hydrogen-bond acceptors (Lipinski definition) is 6. The molecule has 2 aromatic carbocycles. The summed E-state index contributed by atoms with van der Waals surface area (Å²) in [7, 11) is 0. The first-order chi connectivity index (χ1) is 15.9. The van der Waals surface area contributed by atoms with E-state index in [4.69, 9.17) is 9.15 Å². The second-order valence-corrected chi connectivity index (χ2v) is 7.13. The maximum absolute atomic E-state index is 12.1. The second-order valence-electron chi connectivity index (χ2n) is 7.13. The van der Waals surface area contributed by atoms with Gasteiger partial charge in [0.1, 0.15) is 17.3 Å². The Morgan fingerprint density at radius 1 is 0.970 bits per heavy atom. The Morgan fingerprint density at radius 3 is 2.52 bits per heavy atom. The van der Waals surface area contributed by atoms with Crippen molar-refractivity contribution in [3.05, 3.63) is 83.3 Å². The van der Waals surface area contributed by atoms with Crippen LogP contribution in [0.1, 0.15) is 22.6 Å². The van der Waals surface area contributed by atoms with Gasteiger partial charge in [-0.1, -0.05) is 24.3 Å². The highest BCUT2D eigenvalue weighted by Crippen LogP contribution is 2.14. The van der Waals surface area contributed by atoms with Crippen LogP contribution in [0.5, 0.6) is 5.75 Å². The number of anilines is 1. The van der Waals surface area contributed by atoms with E-state index < -0.39 is 17.7 Å². The van der Waals surface area contributed by atoms with Crippen LogP contribution >= 0.6 is 0 Å². The minimum atomic E-state index is -0.787. The molecular formula is C24H24N4O5. The zero-order valence-electron chi connectivity index (χ0n) is 18.3. The summed E-state index contributed by atoms with van der Waals surface area (Å²) < 4.78 is 10.8. The van der Waals surface area contributed by atoms with Crippen molar-refractivity contribution in [1.82, 2.24) is 10.7 Å². The normalized spacial score (nSPS) is 10.6. The predicted molar refractivity (Wildman–Crippen MR) is 123 cm³/mol. The number of carbonyl (C=O) groups excluding carboxylic acids is 3. The van der Waals surface area contributed by atoms with Crippen LogP contribution in [0, 0.1) is 13.8 Å². The monoisotopic (exact) mass is 448 g/mol. The number of rotatable bonds is 8. The van der Waals surface area contributed by atoms with E-state index in [1.807, 2.05) is 26.0 Å². The molecule has 0 aliphatic heterocycles. The number of amides is 3. The van der Waals surface area contributed by atoms with E-state index in [0.29, 0.717) is 23.0 Å². The summed E-state index contributed by atoms with van der Waals surface area (Å²) in [6, 6.07) is 17.6. The Bertz CT molecular complexity index is 1150. The number of carbonyl (C=O) groups is 3. The highest BCUT2D eigenvalue weighted by molar-refractivity contribution is 6.39. The minimum absolute atomic E-state index is 0.0181. The number of ether oxygens (including phenoxy) is 1. The molecule has 3 N–H and O–H groups in total. The zero-order valence-corrected chi connectivity index (χ0v) is 18.3. The van der Waals surface area contributed by atoms with Crippen molar-refractivity contribution in [3.8, 4) is 5.75 Å². The van der Waals surface area contributed by atoms with Crippen molar-refractivity contribution in [2.45, 2.75) is 20.4 Å². The fourth-order valence-electron chi connectivity index (χ4n) is 2.68. The molecule has 9 heteroatoms. The maximum atomic E-state index is 12.1. The molecule has 0 bridgehead atoms. The molecule has 0 saturated heterocycles. The van der Waals surface area contributed by atoms with Gasteiger partial charge in [0.05, 0.1) is 12.8 Å². The molecule has 3 rings (SSSR count). The third kappa shape index (κ3) is 7.35. The van der Waals surface area contributed by atoms with Gasteiger partial charge in [-0.15, -0.1) is 0 Å². The molecule has 3 amide bonds. The Labute approximate surface area is 190 Å². The molecule has 0 radical (unpaired) electrons. The summed E-state index contributed by atoms with van der Waals surface area (Å²) in [6.45, 7) is 3.72. The lowest BCUT2D eigenvalue weighted by molar-refractivity contribution is -0.136. The number of hydrazone groups is 1. The van der Waals surface area contributed by atoms with Gasteiger partial charge in [-0.05, 0) is 61.4 Å². The van der Waals surface area contributed by atoms with Gasteiger partial charge in [0.25, 0.3) is 5.91 Å². The number of nitrogens with zero attached hydrogens (tertiary/aromatic N) is 1. The molecular weight excluding hydrogens is 424 g/mol. The first-order valence-electron chi connectivity index (χ1n) is 10.2. The van der Waals surface area contributed by atoms with Crippen LogP contribution in [0.3, 0.4) is 0 Å². The molecule has 33 heavy (non-hydrogen) atoms. The fraction of sp³-hybridized carbons (Fsp3) is 0.167. The van der Waals surface area contributed by atoms with E-state index in [0.717, 1.165) is 11.1 Å². The standard InChI is InChI=1S/C24H24N4O5/c1-16-8-9-18(12-17(16)2)27-24(31)23(30)25-13-20-10-11-21(33-20)14-26-28-22(29)15-32-19-6-4-3-5-7-19/h3-12,14H,13,15H2,1-2H3,(H,25,30)(H,27,31)(H,28,29)/b26-14-. The van der Waals surface area contributed by atoms with Gasteiger partial charge in [-0.25, -0.2) is 5.43 Å². The predicted octanol–water partition coefficient (Wildman–Crippen LogP) is 2.68. The number of hydrogen-bond donors (Lipinski definition) is 3. The van der Waals surface area contributed by atoms with Gasteiger partial charge >= 0.3 is 11.8 Å². The molecule has 9 nitrogen and oxygen atoms in total. The van der Waals surface area contributed by atoms with Crippen molar-refractivity contribution < 1.29 is 23.5 Å². The second kappa shape index (κ2) is 11.3. The molecule has 0 aliphatic rings. The molecule has 0 saturated carbocycles. The average Bonchev–Trinajstić information content (AvgIpc) is 3.27. The molecule has 0 aliphatic carbocycles. The topological polar surface area (TPSA) is 122 Å². The molecule has 1 heterocycles. The Kier molecular flexibility index (Phi) is 7.96. The van der Waals surface area contributed by atoms with E-state index in [-0.39, 0.29) is 13.2 Å². The van der Waals surface area contributed by atoms with E-state index in [9.17, 15) is 14.4 Å². The van der Waals surface area contributed by atoms with Crippen LogP contribution in [0.4, 0.5) is 5.69 Å². The van der Waals surface area contributed by atoms with Gasteiger partial charge in [0.15, 0.2) is 6.61 Å². The third-order valence-electron chi connectivity index (χ3n) is 4.57. The highest BCUT2D eigenvalue weighted by atomic mass is 16.5. The Balaban J connectivity index is 1.40. The van der Waals surface area contributed by atoms with Gasteiger partial charge in [-0.3, -0.25) is 14.4 Å². The first-order valence-corrected chi connectivity index (χ1v) is 10.2. The Morgan fingerprint density at radius 2 is 1.76 bits per heavy atom. The van der Waals surface area contributed by atoms with Gasteiger partial charge in [0, 0.05) is 5.69 Å². The summed E-state index contributed by atoms with van der Waals surface area (Å²) in [5.41, 5.74) is 4.98. The fourth-order valence-corrected chi connectivity index (χ4v) is 2.68. The van der Waals surface area contributed by atoms with E-state index in [1.165, 1.54) is 6.21 Å². The largest absolute Gasteiger partial charge is 0.484 e. The van der Waals surface area contributed by atoms with Crippen molar-refractivity contribution >= 4 is 29.6 Å². The third-order valence-corrected chi connectivity index (χ3v) is 4.57. The summed E-state index contributed by atoms with van der Waals surface area (Å²) in [4.78, 5) is 35.9. The van der Waals surface area contributed by atoms with Gasteiger partial charge in [0.2, 0.25) is 0 Å². The molecule has 1 aromatic heterocycles. The van der Waals surface area contributed by atoms with Crippen molar-refractivity contribution in [2.75, 3.05) is 11.9 Å². The van der Waals surface area contributed by atoms with Crippen molar-refractivity contribution in [3.63, 3.8) is 0 Å². The molecule has 0 spiro atoms. The number of furan rings is 1. The SMILES string of the molecule is Cc1ccc(NC(=O)C(=O)NCc2ccc(/C=N\NC(=O)COc3ccccc3)o2)cc1C. The number of nitrogens with one attached hydrogen (secondary N) is 3. The van der Waals surface area contributed by atoms with Gasteiger partial charge in [-0.2, -0.15) is 5.10 Å². The van der Waals surface area contributed by atoms with Crippen molar-refractivity contribution in [1.29, 1.82) is 0 Å². The maximum Gasteiger partial charge on any atom is 0.313 e. The van der Waals surface area contributed by atoms with E-state index in [1.54, 1.807) is 48.5 Å². The first kappa shape index (κ1) is 23.3. The van der Waals surface area contributed by atoms with Crippen LogP contribution in [-0.2, 0) is 20.9 Å². The van der Waals surface area contributed by atoms with Gasteiger partial charge < -0.3 is 19.8 Å². The van der Waals surface area contributed by atoms with Crippen LogP contribution < -0.4 is 20.8 Å². The summed E-state index contributed by atoms with van der Waals surface area (Å²) >= 11 is 0. The van der Waals surface area contributed by atoms with Crippen LogP contribution in [0.15, 0.2) is 70.2 Å². The number of aryl methyl sites for hydroxylation is 2. The molecule has 3 aromatic rings. The van der Waals surface area contributed by atoms with Crippen molar-refractivity contribution in [2.24, 2.45) is 5.10 Å². The molecule has 0 fully saturated rings. The van der Waals surface area contributed by atoms with Crippen LogP contribution in [0.2, 0.25) is 0 Å². The Hall–Kier alpha value is -4.40. The summed E-state index contributed by atoms with van der Waals surface area (Å²) in [5.74, 6) is -0.621. The van der Waals surface area contributed by atoms with Crippen LogP contribution in [0.25, 0.3) is 0 Å². The lowest BCUT2D eigenvalue weighted by atomic mass is 10.1. The van der Waals surface area contributed by atoms with E-state index in [2.05, 4.69) is 21.2 Å². The molecule has 0 unspecified atom stereocenters. The molecule has 170 valence electrons. The lowest BCUT2D eigenvalue weighted by Gasteiger charge is -2.07. The average molecular weight is 448 g/mol. The summed E-state index contributed by atoms with van der Waals surface area (Å²) in [6.07, 6.45) is 1.32. The van der Waals surface area contributed by atoms with E-state index >= 15 is 0 Å². The summed E-state index contributed by atoms with van der Waals surface area (Å²) in [5, 5.41) is 8.85. The van der Waals surface area contributed by atoms with Crippen LogP contribution in [-0.4, -0.2) is 30.5 Å². The molecule has 0 atom stereocenters. The highest BCUT2D eigenvalue weighted by Gasteiger charge is 2.14.